The third kappa shape index (κ3) is 4.47. The van der Waals surface area contributed by atoms with Gasteiger partial charge >= 0.3 is 0 Å². The molecule has 114 valence electrons. The summed E-state index contributed by atoms with van der Waals surface area (Å²) in [7, 11) is 0. The summed E-state index contributed by atoms with van der Waals surface area (Å²) in [6.45, 7) is 6.23. The predicted molar refractivity (Wildman–Crippen MR) is 78.3 cm³/mol. The van der Waals surface area contributed by atoms with Crippen LogP contribution < -0.4 is 5.32 Å². The maximum atomic E-state index is 12.2. The Labute approximate surface area is 121 Å². The number of hydrogen-bond acceptors (Lipinski definition) is 3. The molecule has 2 amide bonds. The predicted octanol–water partition coefficient (Wildman–Crippen LogP) is 0.847. The van der Waals surface area contributed by atoms with Gasteiger partial charge in [-0.25, -0.2) is 0 Å². The Morgan fingerprint density at radius 2 is 1.75 bits per heavy atom. The van der Waals surface area contributed by atoms with Gasteiger partial charge in [-0.05, 0) is 25.7 Å². The van der Waals surface area contributed by atoms with E-state index in [9.17, 15) is 9.59 Å². The number of carbonyl (C=O) groups excluding carboxylic acids is 2. The minimum absolute atomic E-state index is 0.0817. The topological polar surface area (TPSA) is 52.7 Å². The third-order valence-electron chi connectivity index (χ3n) is 4.40. The highest BCUT2D eigenvalue weighted by Gasteiger charge is 2.25. The summed E-state index contributed by atoms with van der Waals surface area (Å²) in [5.41, 5.74) is 0. The van der Waals surface area contributed by atoms with Crippen molar-refractivity contribution >= 4 is 11.8 Å². The first-order valence-electron chi connectivity index (χ1n) is 7.96. The molecule has 0 aromatic heterocycles. The molecule has 5 nitrogen and oxygen atoms in total. The fourth-order valence-electron chi connectivity index (χ4n) is 3.20. The van der Waals surface area contributed by atoms with Crippen LogP contribution in [0.2, 0.25) is 0 Å². The quantitative estimate of drug-likeness (QED) is 0.813. The lowest BCUT2D eigenvalue weighted by Gasteiger charge is -2.34. The van der Waals surface area contributed by atoms with E-state index in [1.54, 1.807) is 0 Å². The summed E-state index contributed by atoms with van der Waals surface area (Å²) in [6, 6.07) is 0. The van der Waals surface area contributed by atoms with Gasteiger partial charge in [0.05, 0.1) is 6.54 Å². The number of amides is 2. The minimum Gasteiger partial charge on any atom is -0.355 e. The van der Waals surface area contributed by atoms with Crippen LogP contribution in [-0.2, 0) is 9.59 Å². The zero-order chi connectivity index (χ0) is 14.4. The molecule has 0 atom stereocenters. The molecule has 0 aromatic carbocycles. The van der Waals surface area contributed by atoms with Crippen LogP contribution >= 0.6 is 0 Å². The fraction of sp³-hybridized carbons (Fsp3) is 0.867. The number of nitrogens with zero attached hydrogens (tertiary/aromatic N) is 2. The lowest BCUT2D eigenvalue weighted by Crippen LogP contribution is -2.51. The highest BCUT2D eigenvalue weighted by Crippen LogP contribution is 2.28. The first kappa shape index (κ1) is 15.3. The molecule has 1 saturated carbocycles. The van der Waals surface area contributed by atoms with Crippen molar-refractivity contribution in [2.24, 2.45) is 5.92 Å². The number of likely N-dealkylation sites (N-methyl/N-ethyl adjacent to an activating group) is 1. The Morgan fingerprint density at radius 1 is 1.10 bits per heavy atom. The van der Waals surface area contributed by atoms with Crippen LogP contribution in [0.15, 0.2) is 0 Å². The normalized spacial score (nSPS) is 21.1. The summed E-state index contributed by atoms with van der Waals surface area (Å²) >= 11 is 0. The molecular formula is C15H27N3O2. The zero-order valence-corrected chi connectivity index (χ0v) is 12.6. The van der Waals surface area contributed by atoms with Crippen molar-refractivity contribution in [3.63, 3.8) is 0 Å². The average Bonchev–Trinajstić information content (AvgIpc) is 2.92. The molecule has 0 spiro atoms. The van der Waals surface area contributed by atoms with Crippen molar-refractivity contribution < 1.29 is 9.59 Å². The molecule has 1 aliphatic heterocycles. The van der Waals surface area contributed by atoms with Crippen LogP contribution in [0, 0.1) is 5.92 Å². The molecule has 1 aliphatic carbocycles. The number of nitrogens with one attached hydrogen (secondary N) is 1. The summed E-state index contributed by atoms with van der Waals surface area (Å²) in [5.74, 6) is 1.02. The SMILES string of the molecule is CCNC(=O)CN1CCN(C(=O)CC2CCCC2)CC1. The molecule has 1 N–H and O–H groups in total. The third-order valence-corrected chi connectivity index (χ3v) is 4.40. The standard InChI is InChI=1S/C15H27N3O2/c1-2-16-14(19)12-17-7-9-18(10-8-17)15(20)11-13-5-3-4-6-13/h13H,2-12H2,1H3,(H,16,19). The maximum Gasteiger partial charge on any atom is 0.234 e. The van der Waals surface area contributed by atoms with E-state index in [4.69, 9.17) is 0 Å². The van der Waals surface area contributed by atoms with Gasteiger partial charge in [-0.15, -0.1) is 0 Å². The molecule has 2 fully saturated rings. The second-order valence-corrected chi connectivity index (χ2v) is 5.97. The minimum atomic E-state index is 0.0817. The second kappa shape index (κ2) is 7.62. The summed E-state index contributed by atoms with van der Waals surface area (Å²) < 4.78 is 0. The second-order valence-electron chi connectivity index (χ2n) is 5.97. The van der Waals surface area contributed by atoms with Gasteiger partial charge < -0.3 is 10.2 Å². The van der Waals surface area contributed by atoms with Crippen LogP contribution in [0.25, 0.3) is 0 Å². The van der Waals surface area contributed by atoms with E-state index < -0.39 is 0 Å². The monoisotopic (exact) mass is 281 g/mol. The number of piperazine rings is 1. The van der Waals surface area contributed by atoms with Crippen LogP contribution in [0.5, 0.6) is 0 Å². The molecule has 2 aliphatic rings. The highest BCUT2D eigenvalue weighted by atomic mass is 16.2. The molecule has 0 radical (unpaired) electrons. The molecule has 20 heavy (non-hydrogen) atoms. The Kier molecular flexibility index (Phi) is 5.83. The van der Waals surface area contributed by atoms with Gasteiger partial charge in [-0.1, -0.05) is 12.8 Å². The van der Waals surface area contributed by atoms with E-state index in [0.29, 0.717) is 24.9 Å². The molecule has 0 aromatic rings. The van der Waals surface area contributed by atoms with Crippen molar-refractivity contribution in [1.82, 2.24) is 15.1 Å². The van der Waals surface area contributed by atoms with Crippen LogP contribution in [0.4, 0.5) is 0 Å². The summed E-state index contributed by atoms with van der Waals surface area (Å²) in [6.07, 6.45) is 5.76. The van der Waals surface area contributed by atoms with Crippen LogP contribution in [0.1, 0.15) is 39.0 Å². The molecule has 0 unspecified atom stereocenters. The van der Waals surface area contributed by atoms with Crippen molar-refractivity contribution in [2.45, 2.75) is 39.0 Å². The van der Waals surface area contributed by atoms with Crippen LogP contribution in [0.3, 0.4) is 0 Å². The van der Waals surface area contributed by atoms with Gasteiger partial charge in [-0.3, -0.25) is 14.5 Å². The van der Waals surface area contributed by atoms with E-state index in [0.717, 1.165) is 32.6 Å². The fourth-order valence-corrected chi connectivity index (χ4v) is 3.20. The largest absolute Gasteiger partial charge is 0.355 e. The van der Waals surface area contributed by atoms with Gasteiger partial charge in [0.1, 0.15) is 0 Å². The summed E-state index contributed by atoms with van der Waals surface area (Å²) in [4.78, 5) is 27.8. The van der Waals surface area contributed by atoms with Gasteiger partial charge in [-0.2, -0.15) is 0 Å². The lowest BCUT2D eigenvalue weighted by atomic mass is 10.0. The molecule has 1 saturated heterocycles. The first-order valence-corrected chi connectivity index (χ1v) is 7.96. The van der Waals surface area contributed by atoms with Crippen molar-refractivity contribution in [3.05, 3.63) is 0 Å². The van der Waals surface area contributed by atoms with Crippen molar-refractivity contribution in [2.75, 3.05) is 39.3 Å². The Hall–Kier alpha value is -1.10. The molecule has 0 bridgehead atoms. The maximum absolute atomic E-state index is 12.2. The Morgan fingerprint density at radius 3 is 2.35 bits per heavy atom. The lowest BCUT2D eigenvalue weighted by molar-refractivity contribution is -0.134. The molecular weight excluding hydrogens is 254 g/mol. The van der Waals surface area contributed by atoms with Crippen molar-refractivity contribution in [1.29, 1.82) is 0 Å². The number of carbonyl (C=O) groups is 2. The molecule has 5 heteroatoms. The Bertz CT molecular complexity index is 332. The van der Waals surface area contributed by atoms with Crippen molar-refractivity contribution in [3.8, 4) is 0 Å². The number of rotatable bonds is 5. The van der Waals surface area contributed by atoms with E-state index in [2.05, 4.69) is 10.2 Å². The zero-order valence-electron chi connectivity index (χ0n) is 12.6. The molecule has 1 heterocycles. The average molecular weight is 281 g/mol. The number of hydrogen-bond donors (Lipinski definition) is 1. The first-order chi connectivity index (χ1) is 9.69. The van der Waals surface area contributed by atoms with Gasteiger partial charge in [0.15, 0.2) is 0 Å². The molecule has 2 rings (SSSR count). The summed E-state index contributed by atoms with van der Waals surface area (Å²) in [5, 5.41) is 2.81. The van der Waals surface area contributed by atoms with Gasteiger partial charge in [0.2, 0.25) is 11.8 Å². The van der Waals surface area contributed by atoms with Gasteiger partial charge in [0.25, 0.3) is 0 Å². The smallest absolute Gasteiger partial charge is 0.234 e. The van der Waals surface area contributed by atoms with E-state index >= 15 is 0 Å². The van der Waals surface area contributed by atoms with Crippen LogP contribution in [-0.4, -0.2) is 60.9 Å². The Balaban J connectivity index is 1.67. The van der Waals surface area contributed by atoms with E-state index in [-0.39, 0.29) is 5.91 Å². The van der Waals surface area contributed by atoms with Gasteiger partial charge in [0, 0.05) is 39.1 Å². The van der Waals surface area contributed by atoms with E-state index in [1.165, 1.54) is 25.7 Å². The highest BCUT2D eigenvalue weighted by molar-refractivity contribution is 5.78. The van der Waals surface area contributed by atoms with E-state index in [1.807, 2.05) is 11.8 Å².